The molecule has 3 rings (SSSR count). The number of nitrogens with zero attached hydrogens (tertiary/aromatic N) is 4. The number of rotatable bonds is 2. The van der Waals surface area contributed by atoms with Crippen molar-refractivity contribution in [3.8, 4) is 11.3 Å². The van der Waals surface area contributed by atoms with Crippen LogP contribution in [0.4, 0.5) is 5.69 Å². The van der Waals surface area contributed by atoms with Crippen LogP contribution in [0.15, 0.2) is 29.9 Å². The van der Waals surface area contributed by atoms with Gasteiger partial charge in [-0.15, -0.1) is 0 Å². The van der Waals surface area contributed by atoms with E-state index in [0.29, 0.717) is 11.3 Å². The van der Waals surface area contributed by atoms with Gasteiger partial charge in [-0.05, 0) is 6.07 Å². The Hall–Kier alpha value is -1.99. The zero-order valence-corrected chi connectivity index (χ0v) is 10.4. The number of nitro groups is 1. The van der Waals surface area contributed by atoms with Crippen LogP contribution in [0.3, 0.4) is 0 Å². The average Bonchev–Trinajstić information content (AvgIpc) is 2.89. The maximum atomic E-state index is 10.8. The van der Waals surface area contributed by atoms with Crippen molar-refractivity contribution in [1.29, 1.82) is 0 Å². The van der Waals surface area contributed by atoms with E-state index in [1.807, 2.05) is 0 Å². The second-order valence-electron chi connectivity index (χ2n) is 3.52. The summed E-state index contributed by atoms with van der Waals surface area (Å²) in [5.74, 6) is 0. The second kappa shape index (κ2) is 4.04. The number of benzene rings is 1. The molecule has 3 aromatic rings. The molecule has 2 heterocycles. The van der Waals surface area contributed by atoms with Crippen LogP contribution in [0.1, 0.15) is 0 Å². The topological polar surface area (TPSA) is 73.3 Å². The number of aromatic nitrogens is 3. The molecule has 18 heavy (non-hydrogen) atoms. The van der Waals surface area contributed by atoms with Crippen molar-refractivity contribution in [3.63, 3.8) is 0 Å². The summed E-state index contributed by atoms with van der Waals surface area (Å²) in [4.78, 5) is 15.4. The molecule has 0 aliphatic carbocycles. The molecule has 8 heteroatoms. The quantitative estimate of drug-likeness (QED) is 0.534. The number of nitro benzene ring substituents is 1. The molecule has 90 valence electrons. The SMILES string of the molecule is O=[N+]([O-])c1cc(-c2cn3ncsc3n2)ccc1Cl. The third kappa shape index (κ3) is 1.73. The lowest BCUT2D eigenvalue weighted by molar-refractivity contribution is -0.384. The molecule has 0 atom stereocenters. The van der Waals surface area contributed by atoms with Gasteiger partial charge in [-0.2, -0.15) is 5.10 Å². The fraction of sp³-hybridized carbons (Fsp3) is 0. The lowest BCUT2D eigenvalue weighted by atomic mass is 10.1. The predicted molar refractivity (Wildman–Crippen MR) is 68.0 cm³/mol. The molecule has 0 bridgehead atoms. The van der Waals surface area contributed by atoms with Crippen LogP contribution in [0, 0.1) is 10.1 Å². The van der Waals surface area contributed by atoms with Crippen molar-refractivity contribution in [1.82, 2.24) is 14.6 Å². The van der Waals surface area contributed by atoms with Crippen LogP contribution < -0.4 is 0 Å². The maximum Gasteiger partial charge on any atom is 0.288 e. The first-order valence-corrected chi connectivity index (χ1v) is 6.14. The minimum atomic E-state index is -0.511. The fourth-order valence-corrected chi connectivity index (χ4v) is 2.38. The molecule has 0 saturated heterocycles. The molecular formula is C10H5ClN4O2S. The summed E-state index contributed by atoms with van der Waals surface area (Å²) >= 11 is 7.16. The Bertz CT molecular complexity index is 723. The van der Waals surface area contributed by atoms with Gasteiger partial charge in [0.25, 0.3) is 5.69 Å². The highest BCUT2D eigenvalue weighted by Crippen LogP contribution is 2.30. The van der Waals surface area contributed by atoms with Crippen LogP contribution in [0.25, 0.3) is 16.2 Å². The number of hydrogen-bond donors (Lipinski definition) is 0. The minimum absolute atomic E-state index is 0.114. The third-order valence-corrected chi connectivity index (χ3v) is 3.43. The van der Waals surface area contributed by atoms with Crippen LogP contribution in [0.5, 0.6) is 0 Å². The van der Waals surface area contributed by atoms with Gasteiger partial charge < -0.3 is 0 Å². The zero-order chi connectivity index (χ0) is 12.7. The summed E-state index contributed by atoms with van der Waals surface area (Å²) in [6.07, 6.45) is 1.72. The summed E-state index contributed by atoms with van der Waals surface area (Å²) in [7, 11) is 0. The van der Waals surface area contributed by atoms with E-state index in [-0.39, 0.29) is 10.7 Å². The summed E-state index contributed by atoms with van der Waals surface area (Å²) in [5, 5.41) is 15.0. The highest BCUT2D eigenvalue weighted by molar-refractivity contribution is 7.14. The van der Waals surface area contributed by atoms with E-state index in [9.17, 15) is 10.1 Å². The molecule has 6 nitrogen and oxygen atoms in total. The van der Waals surface area contributed by atoms with Gasteiger partial charge in [-0.3, -0.25) is 10.1 Å². The molecule has 2 aromatic heterocycles. The molecule has 1 aromatic carbocycles. The van der Waals surface area contributed by atoms with Crippen LogP contribution >= 0.6 is 22.9 Å². The van der Waals surface area contributed by atoms with E-state index < -0.39 is 4.92 Å². The molecule has 0 aliphatic rings. The van der Waals surface area contributed by atoms with Gasteiger partial charge in [0.2, 0.25) is 4.96 Å². The summed E-state index contributed by atoms with van der Waals surface area (Å²) in [6, 6.07) is 4.60. The molecule has 0 spiro atoms. The molecule has 0 fully saturated rings. The van der Waals surface area contributed by atoms with Gasteiger partial charge in [0.15, 0.2) is 0 Å². The van der Waals surface area contributed by atoms with Crippen LogP contribution in [-0.2, 0) is 0 Å². The van der Waals surface area contributed by atoms with E-state index in [2.05, 4.69) is 10.1 Å². The summed E-state index contributed by atoms with van der Waals surface area (Å²) in [6.45, 7) is 0. The van der Waals surface area contributed by atoms with Crippen molar-refractivity contribution >= 4 is 33.6 Å². The lowest BCUT2D eigenvalue weighted by Gasteiger charge is -1.98. The van der Waals surface area contributed by atoms with Gasteiger partial charge in [0, 0.05) is 11.6 Å². The lowest BCUT2D eigenvalue weighted by Crippen LogP contribution is -1.90. The molecular weight excluding hydrogens is 276 g/mol. The minimum Gasteiger partial charge on any atom is -0.258 e. The molecule has 0 amide bonds. The molecule has 0 saturated carbocycles. The highest BCUT2D eigenvalue weighted by Gasteiger charge is 2.15. The van der Waals surface area contributed by atoms with E-state index in [1.54, 1.807) is 22.3 Å². The smallest absolute Gasteiger partial charge is 0.258 e. The summed E-state index contributed by atoms with van der Waals surface area (Å²) in [5.41, 5.74) is 2.83. The summed E-state index contributed by atoms with van der Waals surface area (Å²) < 4.78 is 1.63. The first-order valence-electron chi connectivity index (χ1n) is 4.88. The van der Waals surface area contributed by atoms with Crippen molar-refractivity contribution in [3.05, 3.63) is 45.0 Å². The number of hydrogen-bond acceptors (Lipinski definition) is 5. The van der Waals surface area contributed by atoms with E-state index in [4.69, 9.17) is 11.6 Å². The van der Waals surface area contributed by atoms with Gasteiger partial charge in [0.05, 0.1) is 16.8 Å². The molecule has 0 N–H and O–H groups in total. The van der Waals surface area contributed by atoms with Crippen LogP contribution in [0.2, 0.25) is 5.02 Å². The zero-order valence-electron chi connectivity index (χ0n) is 8.78. The fourth-order valence-electron chi connectivity index (χ4n) is 1.59. The first-order chi connectivity index (χ1) is 8.65. The Morgan fingerprint density at radius 3 is 3.00 bits per heavy atom. The predicted octanol–water partition coefficient (Wildman–Crippen LogP) is 3.02. The largest absolute Gasteiger partial charge is 0.288 e. The van der Waals surface area contributed by atoms with Crippen molar-refractivity contribution in [2.24, 2.45) is 0 Å². The third-order valence-electron chi connectivity index (χ3n) is 2.42. The van der Waals surface area contributed by atoms with E-state index in [0.717, 1.165) is 4.96 Å². The Morgan fingerprint density at radius 2 is 2.28 bits per heavy atom. The van der Waals surface area contributed by atoms with Gasteiger partial charge in [-0.1, -0.05) is 29.0 Å². The number of imidazole rings is 1. The van der Waals surface area contributed by atoms with Crippen molar-refractivity contribution < 1.29 is 4.92 Å². The Labute approximate surface area is 110 Å². The van der Waals surface area contributed by atoms with Crippen molar-refractivity contribution in [2.45, 2.75) is 0 Å². The Balaban J connectivity index is 2.14. The normalized spacial score (nSPS) is 10.9. The van der Waals surface area contributed by atoms with Crippen molar-refractivity contribution in [2.75, 3.05) is 0 Å². The average molecular weight is 281 g/mol. The van der Waals surface area contributed by atoms with E-state index >= 15 is 0 Å². The van der Waals surface area contributed by atoms with Gasteiger partial charge >= 0.3 is 0 Å². The molecule has 0 radical (unpaired) electrons. The molecule has 0 aliphatic heterocycles. The molecule has 0 unspecified atom stereocenters. The Kier molecular flexibility index (Phi) is 2.49. The van der Waals surface area contributed by atoms with Gasteiger partial charge in [0.1, 0.15) is 10.5 Å². The first kappa shape index (κ1) is 11.1. The number of halogens is 1. The van der Waals surface area contributed by atoms with E-state index in [1.165, 1.54) is 23.5 Å². The standard InChI is InChI=1S/C10H5ClN4O2S/c11-7-2-1-6(3-9(7)15(16)17)8-4-14-10(13-8)18-5-12-14/h1-5H. The maximum absolute atomic E-state index is 10.8. The van der Waals surface area contributed by atoms with Crippen LogP contribution in [-0.4, -0.2) is 19.5 Å². The monoisotopic (exact) mass is 280 g/mol. The number of fused-ring (bicyclic) bond motifs is 1. The highest BCUT2D eigenvalue weighted by atomic mass is 35.5. The second-order valence-corrected chi connectivity index (χ2v) is 4.73. The van der Waals surface area contributed by atoms with Gasteiger partial charge in [-0.25, -0.2) is 9.50 Å². The Morgan fingerprint density at radius 1 is 1.44 bits per heavy atom.